The zero-order valence-corrected chi connectivity index (χ0v) is 15.9. The number of nitriles is 2. The van der Waals surface area contributed by atoms with E-state index in [1.165, 1.54) is 0 Å². The van der Waals surface area contributed by atoms with Crippen molar-refractivity contribution in [3.63, 3.8) is 0 Å². The summed E-state index contributed by atoms with van der Waals surface area (Å²) in [6, 6.07) is 10.2. The summed E-state index contributed by atoms with van der Waals surface area (Å²) in [4.78, 5) is 31.3. The third-order valence-corrected chi connectivity index (χ3v) is 6.78. The summed E-state index contributed by atoms with van der Waals surface area (Å²) in [7, 11) is 0. The fourth-order valence-corrected chi connectivity index (χ4v) is 5.34. The Hall–Kier alpha value is -2.94. The van der Waals surface area contributed by atoms with Gasteiger partial charge in [-0.1, -0.05) is 6.07 Å². The maximum Gasteiger partial charge on any atom is 0.244 e. The van der Waals surface area contributed by atoms with E-state index in [1.54, 1.807) is 28.0 Å². The van der Waals surface area contributed by atoms with Crippen LogP contribution in [0.25, 0.3) is 0 Å². The molecule has 3 heterocycles. The van der Waals surface area contributed by atoms with E-state index in [9.17, 15) is 14.9 Å². The lowest BCUT2D eigenvalue weighted by Crippen LogP contribution is -2.57. The number of hydrogen-bond donors (Lipinski definition) is 1. The topological polar surface area (TPSA) is 117 Å². The first-order valence-electron chi connectivity index (χ1n) is 10.1. The highest BCUT2D eigenvalue weighted by Crippen LogP contribution is 2.47. The molecule has 2 amide bonds. The zero-order valence-electron chi connectivity index (χ0n) is 15.9. The minimum absolute atomic E-state index is 0.00526. The van der Waals surface area contributed by atoms with E-state index < -0.39 is 6.04 Å². The molecule has 2 bridgehead atoms. The van der Waals surface area contributed by atoms with Crippen LogP contribution in [0.1, 0.15) is 24.8 Å². The number of benzene rings is 1. The molecule has 0 radical (unpaired) electrons. The molecule has 4 fully saturated rings. The number of fused-ring (bicyclic) bond motifs is 3. The Bertz CT molecular complexity index is 965. The summed E-state index contributed by atoms with van der Waals surface area (Å²) in [6.07, 6.45) is 2.43. The number of piperidine rings is 1. The summed E-state index contributed by atoms with van der Waals surface area (Å²) >= 11 is 0. The molecule has 3 saturated heterocycles. The molecule has 148 valence electrons. The van der Waals surface area contributed by atoms with Gasteiger partial charge >= 0.3 is 0 Å². The molecule has 3 unspecified atom stereocenters. The summed E-state index contributed by atoms with van der Waals surface area (Å²) < 4.78 is 0. The third kappa shape index (κ3) is 2.79. The van der Waals surface area contributed by atoms with E-state index in [0.29, 0.717) is 31.0 Å². The molecule has 8 heteroatoms. The van der Waals surface area contributed by atoms with Crippen LogP contribution in [-0.2, 0) is 9.59 Å². The second-order valence-electron chi connectivity index (χ2n) is 8.53. The van der Waals surface area contributed by atoms with Gasteiger partial charge in [-0.2, -0.15) is 10.5 Å². The molecule has 1 aromatic rings. The Morgan fingerprint density at radius 2 is 2.10 bits per heavy atom. The van der Waals surface area contributed by atoms with E-state index in [0.717, 1.165) is 18.5 Å². The minimum atomic E-state index is -0.729. The van der Waals surface area contributed by atoms with Gasteiger partial charge in [0.1, 0.15) is 6.04 Å². The van der Waals surface area contributed by atoms with Crippen molar-refractivity contribution in [1.82, 2.24) is 9.80 Å². The van der Waals surface area contributed by atoms with E-state index in [2.05, 4.69) is 12.1 Å². The predicted molar refractivity (Wildman–Crippen MR) is 103 cm³/mol. The molecule has 0 spiro atoms. The fraction of sp³-hybridized carbons (Fsp3) is 0.524. The summed E-state index contributed by atoms with van der Waals surface area (Å²) in [5.41, 5.74) is 7.50. The molecule has 5 rings (SSSR count). The Kier molecular flexibility index (Phi) is 4.09. The average Bonchev–Trinajstić information content (AvgIpc) is 3.07. The van der Waals surface area contributed by atoms with Gasteiger partial charge in [-0.05, 0) is 43.4 Å². The lowest BCUT2D eigenvalue weighted by Gasteiger charge is -2.35. The summed E-state index contributed by atoms with van der Waals surface area (Å²) in [5, 5.41) is 18.4. The van der Waals surface area contributed by atoms with Crippen molar-refractivity contribution in [2.75, 3.05) is 18.0 Å². The fourth-order valence-electron chi connectivity index (χ4n) is 5.34. The maximum atomic E-state index is 13.0. The summed E-state index contributed by atoms with van der Waals surface area (Å²) in [5.74, 6) is 0.280. The van der Waals surface area contributed by atoms with Gasteiger partial charge in [-0.25, -0.2) is 0 Å². The van der Waals surface area contributed by atoms with Gasteiger partial charge in [-0.3, -0.25) is 14.5 Å². The average molecular weight is 390 g/mol. The predicted octanol–water partition coefficient (Wildman–Crippen LogP) is 0.188. The van der Waals surface area contributed by atoms with Gasteiger partial charge in [0, 0.05) is 24.8 Å². The number of likely N-dealkylation sites (tertiary alicyclic amines) is 2. The first-order valence-corrected chi connectivity index (χ1v) is 10.1. The van der Waals surface area contributed by atoms with Crippen LogP contribution in [0.4, 0.5) is 5.69 Å². The molecular weight excluding hydrogens is 368 g/mol. The molecule has 2 N–H and O–H groups in total. The van der Waals surface area contributed by atoms with E-state index >= 15 is 0 Å². The Morgan fingerprint density at radius 1 is 1.28 bits per heavy atom. The normalized spacial score (nSPS) is 33.3. The van der Waals surface area contributed by atoms with Gasteiger partial charge in [0.15, 0.2) is 0 Å². The maximum absolute atomic E-state index is 13.0. The number of piperazine rings is 1. The Morgan fingerprint density at radius 3 is 2.83 bits per heavy atom. The van der Waals surface area contributed by atoms with Crippen LogP contribution in [0.3, 0.4) is 0 Å². The van der Waals surface area contributed by atoms with Gasteiger partial charge < -0.3 is 15.5 Å². The van der Waals surface area contributed by atoms with E-state index in [-0.39, 0.29) is 36.0 Å². The van der Waals surface area contributed by atoms with Crippen LogP contribution in [0.15, 0.2) is 24.3 Å². The molecule has 3 aliphatic heterocycles. The van der Waals surface area contributed by atoms with Crippen molar-refractivity contribution < 1.29 is 9.59 Å². The van der Waals surface area contributed by atoms with Crippen molar-refractivity contribution >= 4 is 17.5 Å². The van der Waals surface area contributed by atoms with Gasteiger partial charge in [0.25, 0.3) is 0 Å². The molecule has 29 heavy (non-hydrogen) atoms. The van der Waals surface area contributed by atoms with E-state index in [4.69, 9.17) is 11.0 Å². The number of carbonyl (C=O) groups is 2. The highest BCUT2D eigenvalue weighted by molar-refractivity contribution is 6.01. The molecule has 1 aliphatic carbocycles. The van der Waals surface area contributed by atoms with Crippen molar-refractivity contribution in [2.45, 2.75) is 49.5 Å². The largest absolute Gasteiger partial charge is 0.322 e. The molecule has 1 saturated carbocycles. The molecular formula is C21H22N6O2. The van der Waals surface area contributed by atoms with Crippen LogP contribution in [0.5, 0.6) is 0 Å². The number of amides is 2. The second kappa shape index (κ2) is 6.55. The molecule has 0 aromatic heterocycles. The zero-order chi connectivity index (χ0) is 20.3. The van der Waals surface area contributed by atoms with Crippen LogP contribution >= 0.6 is 0 Å². The smallest absolute Gasteiger partial charge is 0.244 e. The van der Waals surface area contributed by atoms with Crippen molar-refractivity contribution in [2.24, 2.45) is 11.7 Å². The third-order valence-electron chi connectivity index (χ3n) is 6.78. The minimum Gasteiger partial charge on any atom is -0.322 e. The van der Waals surface area contributed by atoms with Crippen molar-refractivity contribution in [3.05, 3.63) is 29.8 Å². The van der Waals surface area contributed by atoms with Crippen molar-refractivity contribution in [1.29, 1.82) is 10.5 Å². The quantitative estimate of drug-likeness (QED) is 0.784. The molecule has 8 nitrogen and oxygen atoms in total. The second-order valence-corrected chi connectivity index (χ2v) is 8.53. The number of hydrogen-bond acceptors (Lipinski definition) is 6. The lowest BCUT2D eigenvalue weighted by atomic mass is 10.1. The van der Waals surface area contributed by atoms with Gasteiger partial charge in [0.2, 0.25) is 11.8 Å². The molecule has 1 aromatic carbocycles. The first kappa shape index (κ1) is 18.1. The molecule has 4 aliphatic rings. The standard InChI is InChI=1S/C21H22N6O2/c22-8-12-2-1-3-14(4-12)26-16-7-19(21(26)29)25(10-16)11-17(24)20(28)27-15(9-23)5-13-6-18(13)27/h1-4,13,15-19H,5-7,10-11,24H2/t13-,15?,16?,17?,18+,19+/m1/s1. The van der Waals surface area contributed by atoms with Gasteiger partial charge in [-0.15, -0.1) is 0 Å². The highest BCUT2D eigenvalue weighted by atomic mass is 16.2. The van der Waals surface area contributed by atoms with Crippen LogP contribution in [-0.4, -0.2) is 64.9 Å². The molecule has 6 atom stereocenters. The lowest BCUT2D eigenvalue weighted by molar-refractivity contribution is -0.135. The number of anilines is 1. The van der Waals surface area contributed by atoms with Crippen LogP contribution < -0.4 is 10.6 Å². The number of nitrogens with two attached hydrogens (primary N) is 1. The van der Waals surface area contributed by atoms with E-state index in [1.807, 2.05) is 11.0 Å². The Labute approximate surface area is 169 Å². The van der Waals surface area contributed by atoms with Crippen molar-refractivity contribution in [3.8, 4) is 12.1 Å². The number of nitrogens with zero attached hydrogens (tertiary/aromatic N) is 5. The highest BCUT2D eigenvalue weighted by Gasteiger charge is 2.55. The number of carbonyl (C=O) groups excluding carboxylic acids is 2. The Balaban J connectivity index is 1.26. The first-order chi connectivity index (χ1) is 14.0. The van der Waals surface area contributed by atoms with Crippen LogP contribution in [0.2, 0.25) is 0 Å². The number of rotatable bonds is 4. The van der Waals surface area contributed by atoms with Gasteiger partial charge in [0.05, 0.1) is 35.8 Å². The monoisotopic (exact) mass is 390 g/mol. The summed E-state index contributed by atoms with van der Waals surface area (Å²) in [6.45, 7) is 0.978. The van der Waals surface area contributed by atoms with Crippen LogP contribution in [0, 0.1) is 28.6 Å². The SMILES string of the molecule is N#Cc1cccc(N2C(=O)[C@@H]3CC2CN3CC(N)C(=O)N2C(C#N)C[C@@H]3C[C@@H]32)c1.